The predicted molar refractivity (Wildman–Crippen MR) is 179 cm³/mol. The van der Waals surface area contributed by atoms with Gasteiger partial charge in [-0.05, 0) is 32.1 Å². The third kappa shape index (κ3) is 13.7. The quantitative estimate of drug-likeness (QED) is 0.0452. The summed E-state index contributed by atoms with van der Waals surface area (Å²) in [6.45, 7) is -2.13. The Morgan fingerprint density at radius 1 is 0.600 bits per heavy atom. The third-order valence-electron chi connectivity index (χ3n) is 9.40. The molecule has 320 valence electrons. The molecule has 0 aromatic carbocycles. The number of hydrogen-bond donors (Lipinski definition) is 14. The minimum atomic E-state index is -1.91. The van der Waals surface area contributed by atoms with Crippen LogP contribution in [0.3, 0.4) is 0 Å². The number of rotatable bonds is 22. The van der Waals surface area contributed by atoms with Crippen molar-refractivity contribution < 1.29 is 99.0 Å². The maximum Gasteiger partial charge on any atom is 0.320 e. The molecule has 0 bridgehead atoms. The minimum Gasteiger partial charge on any atom is -0.480 e. The van der Waals surface area contributed by atoms with Crippen LogP contribution < -0.4 is 16.4 Å². The molecule has 0 radical (unpaired) electrons. The molecule has 16 atom stereocenters. The average Bonchev–Trinajstić information content (AvgIpc) is 3.16. The molecule has 2 amide bonds. The molecule has 0 unspecified atom stereocenters. The van der Waals surface area contributed by atoms with Crippen LogP contribution in [0.15, 0.2) is 0 Å². The van der Waals surface area contributed by atoms with E-state index in [1.807, 2.05) is 0 Å². The van der Waals surface area contributed by atoms with Crippen LogP contribution in [0.2, 0.25) is 0 Å². The van der Waals surface area contributed by atoms with Gasteiger partial charge in [-0.3, -0.25) is 14.4 Å². The number of carbonyl (C=O) groups is 3. The van der Waals surface area contributed by atoms with Gasteiger partial charge in [0.25, 0.3) is 0 Å². The first-order chi connectivity index (χ1) is 26.1. The zero-order chi connectivity index (χ0) is 40.8. The molecule has 0 aromatic heterocycles. The van der Waals surface area contributed by atoms with E-state index in [0.717, 1.165) is 0 Å². The van der Waals surface area contributed by atoms with Gasteiger partial charge in [-0.1, -0.05) is 0 Å². The molecule has 23 nitrogen and oxygen atoms in total. The Morgan fingerprint density at radius 2 is 1.11 bits per heavy atom. The second-order valence-corrected chi connectivity index (χ2v) is 13.6. The Kier molecular flexibility index (Phi) is 19.9. The van der Waals surface area contributed by atoms with E-state index in [4.69, 9.17) is 39.3 Å². The predicted octanol–water partition coefficient (Wildman–Crippen LogP) is -7.17. The largest absolute Gasteiger partial charge is 0.480 e. The van der Waals surface area contributed by atoms with Crippen molar-refractivity contribution in [2.45, 2.75) is 143 Å². The minimum absolute atomic E-state index is 0.0791. The van der Waals surface area contributed by atoms with Crippen LogP contribution in [0.25, 0.3) is 0 Å². The lowest BCUT2D eigenvalue weighted by atomic mass is 9.96. The van der Waals surface area contributed by atoms with Gasteiger partial charge in [-0.2, -0.15) is 0 Å². The SMILES string of the molecule is N[C@@H](CCCCNC(=O)CCCCC(=O)NCCO[C@H]1O[C@H](CO[C@H]2O[C@H](CO)[C@@H](O)[C@H](O)[C@@H]2O)[C@@H](O)[C@H](O[C@H]2O[C@H](CO)[C@@H](O)[C@H](O)[C@@H]2O)[C@@H]1O)C(=O)O. The number of ether oxygens (including phenoxy) is 6. The standard InChI is InChI=1S/C32H57N3O20/c33-14(29(48)49)5-3-4-8-34-18(38)6-1-2-7-19(39)35-9-10-50-31-27(47)28(55-32-26(46)24(44)21(41)16(12-37)53-32)22(42)17(54-31)13-51-30-25(45)23(43)20(40)15(11-36)52-30/h14-17,20-28,30-32,36-37,40-47H,1-13,33H2,(H,34,38)(H,35,39)(H,48,49)/t14-,15+,16+,17+,20+,21+,22+,23-,24-,25-,26-,27-,28-,30-,31-,32+/m0/s1. The number of aliphatic carboxylic acids is 1. The lowest BCUT2D eigenvalue weighted by Gasteiger charge is -2.46. The summed E-state index contributed by atoms with van der Waals surface area (Å²) in [5.41, 5.74) is 5.44. The number of hydrogen-bond acceptors (Lipinski definition) is 20. The molecule has 3 fully saturated rings. The van der Waals surface area contributed by atoms with Gasteiger partial charge < -0.3 is 101 Å². The average molecular weight is 804 g/mol. The molecule has 23 heteroatoms. The fourth-order valence-electron chi connectivity index (χ4n) is 6.02. The molecule has 0 aliphatic carbocycles. The number of carboxylic acids is 1. The van der Waals surface area contributed by atoms with Crippen LogP contribution >= 0.6 is 0 Å². The van der Waals surface area contributed by atoms with E-state index in [0.29, 0.717) is 38.6 Å². The van der Waals surface area contributed by atoms with Crippen molar-refractivity contribution >= 4 is 17.8 Å². The number of nitrogens with two attached hydrogens (primary N) is 1. The van der Waals surface area contributed by atoms with E-state index in [9.17, 15) is 65.4 Å². The number of carbonyl (C=O) groups excluding carboxylic acids is 2. The smallest absolute Gasteiger partial charge is 0.320 e. The molecule has 3 aliphatic heterocycles. The maximum absolute atomic E-state index is 12.4. The van der Waals surface area contributed by atoms with Crippen LogP contribution in [0.4, 0.5) is 0 Å². The Balaban J connectivity index is 1.51. The summed E-state index contributed by atoms with van der Waals surface area (Å²) in [7, 11) is 0. The molecule has 3 rings (SSSR count). The van der Waals surface area contributed by atoms with E-state index in [1.165, 1.54) is 0 Å². The van der Waals surface area contributed by atoms with E-state index in [2.05, 4.69) is 10.6 Å². The second-order valence-electron chi connectivity index (χ2n) is 13.6. The first kappa shape index (κ1) is 47.1. The van der Waals surface area contributed by atoms with Gasteiger partial charge in [0, 0.05) is 25.9 Å². The molecule has 3 heterocycles. The monoisotopic (exact) mass is 803 g/mol. The van der Waals surface area contributed by atoms with Crippen LogP contribution in [0.1, 0.15) is 44.9 Å². The van der Waals surface area contributed by atoms with Gasteiger partial charge in [0.2, 0.25) is 11.8 Å². The number of amides is 2. The molecule has 55 heavy (non-hydrogen) atoms. The topological polar surface area (TPSA) is 379 Å². The Labute approximate surface area is 315 Å². The first-order valence-electron chi connectivity index (χ1n) is 18.1. The van der Waals surface area contributed by atoms with Crippen molar-refractivity contribution in [2.75, 3.05) is 39.5 Å². The Morgan fingerprint density at radius 3 is 1.67 bits per heavy atom. The van der Waals surface area contributed by atoms with Crippen LogP contribution in [0.5, 0.6) is 0 Å². The van der Waals surface area contributed by atoms with Gasteiger partial charge in [0.05, 0.1) is 26.4 Å². The molecule has 0 aromatic rings. The summed E-state index contributed by atoms with van der Waals surface area (Å²) in [5.74, 6) is -1.66. The summed E-state index contributed by atoms with van der Waals surface area (Å²) < 4.78 is 33.1. The molecule has 3 saturated heterocycles. The van der Waals surface area contributed by atoms with Gasteiger partial charge >= 0.3 is 5.97 Å². The van der Waals surface area contributed by atoms with Crippen LogP contribution in [-0.4, -0.2) is 212 Å². The number of carboxylic acid groups (broad SMARTS) is 1. The van der Waals surface area contributed by atoms with E-state index < -0.39 is 124 Å². The van der Waals surface area contributed by atoms with Gasteiger partial charge in [0.15, 0.2) is 18.9 Å². The van der Waals surface area contributed by atoms with E-state index >= 15 is 0 Å². The van der Waals surface area contributed by atoms with Crippen molar-refractivity contribution in [3.8, 4) is 0 Å². The fraction of sp³-hybridized carbons (Fsp3) is 0.906. The van der Waals surface area contributed by atoms with E-state index in [-0.39, 0.29) is 37.8 Å². The Hall–Kier alpha value is -2.27. The summed E-state index contributed by atoms with van der Waals surface area (Å²) in [6, 6.07) is -0.942. The van der Waals surface area contributed by atoms with Gasteiger partial charge in [-0.25, -0.2) is 0 Å². The first-order valence-corrected chi connectivity index (χ1v) is 18.1. The van der Waals surface area contributed by atoms with Gasteiger partial charge in [0.1, 0.15) is 79.3 Å². The highest BCUT2D eigenvalue weighted by Crippen LogP contribution is 2.31. The summed E-state index contributed by atoms with van der Waals surface area (Å²) in [5, 5.41) is 117. The molecule has 15 N–H and O–H groups in total. The maximum atomic E-state index is 12.4. The highest BCUT2D eigenvalue weighted by Gasteiger charge is 2.52. The van der Waals surface area contributed by atoms with Crippen LogP contribution in [0, 0.1) is 0 Å². The molecule has 3 aliphatic rings. The van der Waals surface area contributed by atoms with Crippen molar-refractivity contribution in [1.29, 1.82) is 0 Å². The zero-order valence-corrected chi connectivity index (χ0v) is 30.1. The number of aliphatic hydroxyl groups is 10. The summed E-state index contributed by atoms with van der Waals surface area (Å²) >= 11 is 0. The fourth-order valence-corrected chi connectivity index (χ4v) is 6.02. The molecule has 0 spiro atoms. The van der Waals surface area contributed by atoms with E-state index in [1.54, 1.807) is 0 Å². The molecular formula is C32H57N3O20. The summed E-state index contributed by atoms with van der Waals surface area (Å²) in [6.07, 6.45) is -22.8. The summed E-state index contributed by atoms with van der Waals surface area (Å²) in [4.78, 5) is 35.1. The second kappa shape index (κ2) is 23.2. The normalized spacial score (nSPS) is 37.3. The molecular weight excluding hydrogens is 746 g/mol. The lowest BCUT2D eigenvalue weighted by Crippen LogP contribution is -2.65. The van der Waals surface area contributed by atoms with Gasteiger partial charge in [-0.15, -0.1) is 0 Å². The van der Waals surface area contributed by atoms with Crippen molar-refractivity contribution in [2.24, 2.45) is 5.73 Å². The number of unbranched alkanes of at least 4 members (excludes halogenated alkanes) is 2. The number of nitrogens with one attached hydrogen (secondary N) is 2. The van der Waals surface area contributed by atoms with Crippen molar-refractivity contribution in [1.82, 2.24) is 10.6 Å². The number of aliphatic hydroxyl groups excluding tert-OH is 10. The Bertz CT molecular complexity index is 1170. The lowest BCUT2D eigenvalue weighted by molar-refractivity contribution is -0.366. The van der Waals surface area contributed by atoms with Crippen molar-refractivity contribution in [3.05, 3.63) is 0 Å². The van der Waals surface area contributed by atoms with Crippen molar-refractivity contribution in [3.63, 3.8) is 0 Å². The third-order valence-corrected chi connectivity index (χ3v) is 9.40. The highest BCUT2D eigenvalue weighted by atomic mass is 16.7. The van der Waals surface area contributed by atoms with Crippen LogP contribution in [-0.2, 0) is 42.8 Å². The molecule has 0 saturated carbocycles. The highest BCUT2D eigenvalue weighted by molar-refractivity contribution is 5.77. The zero-order valence-electron chi connectivity index (χ0n) is 30.1.